The minimum Gasteiger partial charge on any atom is -0.266 e. The van der Waals surface area contributed by atoms with Gasteiger partial charge >= 0.3 is 0 Å². The highest BCUT2D eigenvalue weighted by Crippen LogP contribution is 2.29. The first-order chi connectivity index (χ1) is 8.69. The molecule has 0 unspecified atom stereocenters. The van der Waals surface area contributed by atoms with Crippen LogP contribution in [0.4, 0.5) is 0 Å². The van der Waals surface area contributed by atoms with Crippen molar-refractivity contribution in [1.82, 2.24) is 19.6 Å². The van der Waals surface area contributed by atoms with Crippen LogP contribution >= 0.6 is 23.2 Å². The van der Waals surface area contributed by atoms with Gasteiger partial charge in [0.2, 0.25) is 0 Å². The maximum atomic E-state index is 6.32. The molecule has 0 amide bonds. The third kappa shape index (κ3) is 2.40. The van der Waals surface area contributed by atoms with Crippen LogP contribution in [-0.2, 0) is 19.5 Å². The molecule has 2 heterocycles. The van der Waals surface area contributed by atoms with Crippen LogP contribution in [0.2, 0.25) is 5.15 Å². The molecule has 6 heteroatoms. The van der Waals surface area contributed by atoms with Crippen molar-refractivity contribution in [3.63, 3.8) is 0 Å². The molecular formula is C12H16Cl2N4. The predicted molar refractivity (Wildman–Crippen MR) is 73.9 cm³/mol. The van der Waals surface area contributed by atoms with Crippen molar-refractivity contribution in [1.29, 1.82) is 0 Å². The van der Waals surface area contributed by atoms with Gasteiger partial charge in [-0.2, -0.15) is 10.2 Å². The number of hydrogen-bond donors (Lipinski definition) is 0. The Kier molecular flexibility index (Phi) is 4.30. The van der Waals surface area contributed by atoms with Crippen LogP contribution in [0.3, 0.4) is 0 Å². The molecule has 0 saturated carbocycles. The van der Waals surface area contributed by atoms with Gasteiger partial charge in [0.15, 0.2) is 0 Å². The van der Waals surface area contributed by atoms with Gasteiger partial charge in [0.1, 0.15) is 10.8 Å². The van der Waals surface area contributed by atoms with E-state index in [-0.39, 0.29) is 0 Å². The van der Waals surface area contributed by atoms with Crippen LogP contribution in [0.25, 0.3) is 11.4 Å². The van der Waals surface area contributed by atoms with Gasteiger partial charge in [-0.15, -0.1) is 11.6 Å². The van der Waals surface area contributed by atoms with Crippen molar-refractivity contribution >= 4 is 23.2 Å². The lowest BCUT2D eigenvalue weighted by Crippen LogP contribution is -2.00. The molecule has 0 aromatic carbocycles. The summed E-state index contributed by atoms with van der Waals surface area (Å²) in [7, 11) is 1.88. The van der Waals surface area contributed by atoms with Gasteiger partial charge in [-0.25, -0.2) is 0 Å². The van der Waals surface area contributed by atoms with Gasteiger partial charge in [-0.05, 0) is 12.5 Å². The molecule has 0 saturated heterocycles. The van der Waals surface area contributed by atoms with Crippen LogP contribution in [0.15, 0.2) is 12.3 Å². The Morgan fingerprint density at radius 3 is 2.72 bits per heavy atom. The first-order valence-corrected chi connectivity index (χ1v) is 6.89. The summed E-state index contributed by atoms with van der Waals surface area (Å²) < 4.78 is 3.60. The quantitative estimate of drug-likeness (QED) is 0.789. The van der Waals surface area contributed by atoms with Gasteiger partial charge in [0.05, 0.1) is 11.6 Å². The lowest BCUT2D eigenvalue weighted by Gasteiger charge is -2.00. The van der Waals surface area contributed by atoms with Gasteiger partial charge in [-0.3, -0.25) is 9.36 Å². The molecular weight excluding hydrogens is 271 g/mol. The summed E-state index contributed by atoms with van der Waals surface area (Å²) in [6, 6.07) is 1.92. The first kappa shape index (κ1) is 13.4. The average molecular weight is 287 g/mol. The molecule has 0 N–H and O–H groups in total. The van der Waals surface area contributed by atoms with E-state index in [1.54, 1.807) is 10.9 Å². The molecule has 2 aromatic rings. The smallest absolute Gasteiger partial charge is 0.132 e. The fourth-order valence-electron chi connectivity index (χ4n) is 1.86. The maximum Gasteiger partial charge on any atom is 0.132 e. The van der Waals surface area contributed by atoms with Gasteiger partial charge in [0.25, 0.3) is 0 Å². The molecule has 4 nitrogen and oxygen atoms in total. The Hall–Kier alpha value is -1.00. The first-order valence-electron chi connectivity index (χ1n) is 5.98. The Balaban J connectivity index is 2.44. The number of nitrogens with zero attached hydrogens (tertiary/aromatic N) is 4. The largest absolute Gasteiger partial charge is 0.266 e. The van der Waals surface area contributed by atoms with Crippen LogP contribution in [0.5, 0.6) is 0 Å². The van der Waals surface area contributed by atoms with E-state index in [0.29, 0.717) is 11.0 Å². The molecule has 0 aliphatic carbocycles. The van der Waals surface area contributed by atoms with Crippen molar-refractivity contribution in [2.24, 2.45) is 7.05 Å². The van der Waals surface area contributed by atoms with Gasteiger partial charge in [-0.1, -0.05) is 24.9 Å². The number of unbranched alkanes of at least 4 members (excludes halogenated alkanes) is 1. The number of aromatic nitrogens is 4. The predicted octanol–water partition coefficient (Wildman–Crippen LogP) is 3.48. The lowest BCUT2D eigenvalue weighted by atomic mass is 10.2. The van der Waals surface area contributed by atoms with E-state index in [2.05, 4.69) is 17.1 Å². The molecule has 0 aliphatic heterocycles. The molecule has 0 aliphatic rings. The minimum absolute atomic E-state index is 0.353. The Labute approximate surface area is 116 Å². The van der Waals surface area contributed by atoms with Crippen LogP contribution in [0.1, 0.15) is 25.3 Å². The number of aryl methyl sites for hydroxylation is 2. The van der Waals surface area contributed by atoms with Gasteiger partial charge in [0, 0.05) is 25.4 Å². The summed E-state index contributed by atoms with van der Waals surface area (Å²) in [6.07, 6.45) is 3.90. The fourth-order valence-corrected chi connectivity index (χ4v) is 2.47. The standard InChI is InChI=1S/C12H16Cl2N4/c1-3-4-7-18-12(14)9(8-13)11(16-18)10-5-6-15-17(10)2/h5-6H,3-4,7-8H2,1-2H3. The topological polar surface area (TPSA) is 35.6 Å². The van der Waals surface area contributed by atoms with Crippen LogP contribution in [-0.4, -0.2) is 19.6 Å². The number of halogens is 2. The van der Waals surface area contributed by atoms with Crippen molar-refractivity contribution in [2.45, 2.75) is 32.2 Å². The minimum atomic E-state index is 0.353. The summed E-state index contributed by atoms with van der Waals surface area (Å²) >= 11 is 12.3. The highest BCUT2D eigenvalue weighted by atomic mass is 35.5. The van der Waals surface area contributed by atoms with E-state index < -0.39 is 0 Å². The fraction of sp³-hybridized carbons (Fsp3) is 0.500. The molecule has 18 heavy (non-hydrogen) atoms. The summed E-state index contributed by atoms with van der Waals surface area (Å²) in [6.45, 7) is 2.96. The lowest BCUT2D eigenvalue weighted by molar-refractivity contribution is 0.573. The molecule has 0 bridgehead atoms. The Morgan fingerprint density at radius 2 is 2.17 bits per heavy atom. The molecule has 0 spiro atoms. The van der Waals surface area contributed by atoms with E-state index in [9.17, 15) is 0 Å². The van der Waals surface area contributed by atoms with Gasteiger partial charge < -0.3 is 0 Å². The van der Waals surface area contributed by atoms with Crippen LogP contribution < -0.4 is 0 Å². The summed E-state index contributed by atoms with van der Waals surface area (Å²) in [5.41, 5.74) is 2.63. The molecule has 0 fully saturated rings. The summed E-state index contributed by atoms with van der Waals surface area (Å²) in [4.78, 5) is 0. The van der Waals surface area contributed by atoms with E-state index in [1.807, 2.05) is 17.8 Å². The Morgan fingerprint density at radius 1 is 1.39 bits per heavy atom. The molecule has 2 aromatic heterocycles. The summed E-state index contributed by atoms with van der Waals surface area (Å²) in [5.74, 6) is 0.353. The highest BCUT2D eigenvalue weighted by molar-refractivity contribution is 6.31. The number of hydrogen-bond acceptors (Lipinski definition) is 2. The Bertz CT molecular complexity index is 530. The average Bonchev–Trinajstić information content (AvgIpc) is 2.90. The third-order valence-electron chi connectivity index (χ3n) is 2.90. The number of rotatable bonds is 5. The molecule has 0 radical (unpaired) electrons. The maximum absolute atomic E-state index is 6.32. The van der Waals surface area contributed by atoms with Crippen molar-refractivity contribution < 1.29 is 0 Å². The van der Waals surface area contributed by atoms with E-state index in [1.165, 1.54) is 0 Å². The highest BCUT2D eigenvalue weighted by Gasteiger charge is 2.18. The van der Waals surface area contributed by atoms with E-state index >= 15 is 0 Å². The molecule has 2 rings (SSSR count). The van der Waals surface area contributed by atoms with Crippen molar-refractivity contribution in [2.75, 3.05) is 0 Å². The monoisotopic (exact) mass is 286 g/mol. The normalized spacial score (nSPS) is 11.1. The van der Waals surface area contributed by atoms with Crippen LogP contribution in [0, 0.1) is 0 Å². The molecule has 0 atom stereocenters. The second kappa shape index (κ2) is 5.76. The third-order valence-corrected chi connectivity index (χ3v) is 3.59. The zero-order valence-electron chi connectivity index (χ0n) is 10.5. The second-order valence-corrected chi connectivity index (χ2v) is 4.79. The SMILES string of the molecule is CCCCn1nc(-c2ccnn2C)c(CCl)c1Cl. The zero-order chi connectivity index (χ0) is 13.1. The van der Waals surface area contributed by atoms with E-state index in [0.717, 1.165) is 36.3 Å². The van der Waals surface area contributed by atoms with Crippen molar-refractivity contribution in [3.8, 4) is 11.4 Å². The zero-order valence-corrected chi connectivity index (χ0v) is 12.0. The van der Waals surface area contributed by atoms with Crippen molar-refractivity contribution in [3.05, 3.63) is 23.0 Å². The number of alkyl halides is 1. The second-order valence-electron chi connectivity index (χ2n) is 4.17. The summed E-state index contributed by atoms with van der Waals surface area (Å²) in [5, 5.41) is 9.35. The van der Waals surface area contributed by atoms with E-state index in [4.69, 9.17) is 23.2 Å². The molecule has 98 valence electrons.